The van der Waals surface area contributed by atoms with Gasteiger partial charge in [-0.2, -0.15) is 0 Å². The van der Waals surface area contributed by atoms with Crippen LogP contribution >= 0.6 is 0 Å². The van der Waals surface area contributed by atoms with E-state index >= 15 is 0 Å². The van der Waals surface area contributed by atoms with Gasteiger partial charge < -0.3 is 34.3 Å². The zero-order valence-corrected chi connectivity index (χ0v) is 25.6. The fourth-order valence-corrected chi connectivity index (χ4v) is 5.42. The van der Waals surface area contributed by atoms with E-state index in [0.29, 0.717) is 96.0 Å². The quantitative estimate of drug-likeness (QED) is 0.126. The van der Waals surface area contributed by atoms with Gasteiger partial charge in [0.2, 0.25) is 5.91 Å². The maximum Gasteiger partial charge on any atom is 0.407 e. The number of carbonyl (C=O) groups is 4. The molecule has 1 saturated carbocycles. The van der Waals surface area contributed by atoms with Crippen LogP contribution in [0.4, 0.5) is 10.5 Å². The summed E-state index contributed by atoms with van der Waals surface area (Å²) in [7, 11) is 0. The molecule has 12 heteroatoms. The van der Waals surface area contributed by atoms with Crippen molar-refractivity contribution in [1.29, 1.82) is 0 Å². The van der Waals surface area contributed by atoms with Crippen LogP contribution in [0.1, 0.15) is 31.2 Å². The van der Waals surface area contributed by atoms with Crippen molar-refractivity contribution in [2.75, 3.05) is 77.5 Å². The van der Waals surface area contributed by atoms with Crippen molar-refractivity contribution >= 4 is 29.5 Å². The number of hydrogen-bond donors (Lipinski definition) is 2. The van der Waals surface area contributed by atoms with Gasteiger partial charge in [-0.25, -0.2) is 9.69 Å². The topological polar surface area (TPSA) is 142 Å². The number of hydrogen-bond acceptors (Lipinski definition) is 9. The predicted octanol–water partition coefficient (Wildman–Crippen LogP) is 2.01. The summed E-state index contributed by atoms with van der Waals surface area (Å²) < 4.78 is 27.2. The zero-order chi connectivity index (χ0) is 31.7. The van der Waals surface area contributed by atoms with E-state index in [-0.39, 0.29) is 24.1 Å². The van der Waals surface area contributed by atoms with Crippen LogP contribution in [0.15, 0.2) is 36.4 Å². The summed E-state index contributed by atoms with van der Waals surface area (Å²) in [5.41, 5.74) is 1.24. The molecule has 0 saturated heterocycles. The molecule has 4 amide bonds. The van der Waals surface area contributed by atoms with Crippen molar-refractivity contribution in [2.24, 2.45) is 17.8 Å². The molecular formula is C33H43N3O9. The summed E-state index contributed by atoms with van der Waals surface area (Å²) >= 11 is 0. The molecule has 4 rings (SSSR count). The maximum absolute atomic E-state index is 12.2. The lowest BCUT2D eigenvalue weighted by Gasteiger charge is -2.14. The Hall–Kier alpha value is -3.76. The van der Waals surface area contributed by atoms with E-state index < -0.39 is 6.09 Å². The molecule has 2 N–H and O–H groups in total. The van der Waals surface area contributed by atoms with E-state index in [0.717, 1.165) is 36.1 Å². The summed E-state index contributed by atoms with van der Waals surface area (Å²) in [6, 6.07) is 6.73. The summed E-state index contributed by atoms with van der Waals surface area (Å²) in [5, 5.41) is 5.51. The Kier molecular flexibility index (Phi) is 14.3. The van der Waals surface area contributed by atoms with E-state index in [1.54, 1.807) is 24.3 Å². The fraction of sp³-hybridized carbons (Fsp3) is 0.576. The van der Waals surface area contributed by atoms with Gasteiger partial charge in [0.25, 0.3) is 11.8 Å². The second-order valence-corrected chi connectivity index (χ2v) is 10.9. The predicted molar refractivity (Wildman–Crippen MR) is 164 cm³/mol. The molecule has 0 bridgehead atoms. The molecule has 1 aromatic rings. The van der Waals surface area contributed by atoms with Crippen LogP contribution in [0, 0.1) is 29.6 Å². The fourth-order valence-electron chi connectivity index (χ4n) is 5.42. The van der Waals surface area contributed by atoms with Crippen molar-refractivity contribution in [3.63, 3.8) is 0 Å². The van der Waals surface area contributed by atoms with Gasteiger partial charge in [0.15, 0.2) is 0 Å². The lowest BCUT2D eigenvalue weighted by Crippen LogP contribution is -2.30. The van der Waals surface area contributed by atoms with Crippen LogP contribution in [0.3, 0.4) is 0 Å². The number of benzene rings is 1. The molecule has 1 aliphatic heterocycles. The largest absolute Gasteiger partial charge is 0.449 e. The van der Waals surface area contributed by atoms with E-state index in [1.165, 1.54) is 12.2 Å². The standard InChI is InChI=1S/C33H43N3O9/c37-30(23-25-7-9-26(10-8-25)36-31(38)11-12-32(36)39)34-13-15-41-17-19-43-21-22-44-20-18-42-16-14-35-33(40)45-24-29-27-5-3-1-2-4-6-28(27)29/h7-12,27-29H,3-6,13-24H2,(H,34,37)(H,35,40)/t27-,28+,29?. The second kappa shape index (κ2) is 18.9. The lowest BCUT2D eigenvalue weighted by atomic mass is 10.1. The monoisotopic (exact) mass is 625 g/mol. The highest BCUT2D eigenvalue weighted by Gasteiger charge is 2.49. The van der Waals surface area contributed by atoms with Gasteiger partial charge in [0.05, 0.1) is 71.6 Å². The number of nitrogens with one attached hydrogen (secondary N) is 2. The molecule has 1 fully saturated rings. The number of nitrogens with zero attached hydrogens (tertiary/aromatic N) is 1. The van der Waals surface area contributed by atoms with Gasteiger partial charge in [0, 0.05) is 38.1 Å². The molecule has 0 spiro atoms. The minimum atomic E-state index is -0.397. The van der Waals surface area contributed by atoms with Gasteiger partial charge in [0.1, 0.15) is 0 Å². The first-order valence-electron chi connectivity index (χ1n) is 15.6. The Bertz CT molecular complexity index is 1190. The minimum absolute atomic E-state index is 0.152. The molecule has 3 atom stereocenters. The van der Waals surface area contributed by atoms with E-state index in [4.69, 9.17) is 23.7 Å². The molecule has 1 heterocycles. The third-order valence-electron chi connectivity index (χ3n) is 7.81. The highest BCUT2D eigenvalue weighted by Crippen LogP contribution is 2.52. The number of ether oxygens (including phenoxy) is 5. The molecule has 0 aromatic heterocycles. The Morgan fingerprint density at radius 2 is 1.24 bits per heavy atom. The molecule has 12 nitrogen and oxygen atoms in total. The number of amides is 4. The third kappa shape index (κ3) is 11.9. The minimum Gasteiger partial charge on any atom is -0.449 e. The van der Waals surface area contributed by atoms with Gasteiger partial charge in [-0.05, 0) is 48.3 Å². The number of anilines is 1. The van der Waals surface area contributed by atoms with E-state index in [1.807, 2.05) is 0 Å². The molecular weight excluding hydrogens is 582 g/mol. The molecule has 1 aromatic carbocycles. The van der Waals surface area contributed by atoms with Crippen LogP contribution in [0.5, 0.6) is 0 Å². The summed E-state index contributed by atoms with van der Waals surface area (Å²) in [5.74, 6) is 7.27. The van der Waals surface area contributed by atoms with Gasteiger partial charge in [-0.1, -0.05) is 12.1 Å². The maximum atomic E-state index is 12.2. The SMILES string of the molecule is O=C(Cc1ccc(N2C(=O)C=CC2=O)cc1)NCCOCCOCCOCCOCCNC(=O)OCC1[C@H]2CCC#CCC[C@@H]12. The van der Waals surface area contributed by atoms with Gasteiger partial charge in [-0.3, -0.25) is 14.4 Å². The Labute approximate surface area is 264 Å². The van der Waals surface area contributed by atoms with Crippen LogP contribution in [0.25, 0.3) is 0 Å². The van der Waals surface area contributed by atoms with Crippen LogP contribution in [-0.2, 0) is 44.5 Å². The van der Waals surface area contributed by atoms with Crippen molar-refractivity contribution in [2.45, 2.75) is 32.1 Å². The van der Waals surface area contributed by atoms with Crippen molar-refractivity contribution in [3.05, 3.63) is 42.0 Å². The first-order chi connectivity index (χ1) is 22.0. The highest BCUT2D eigenvalue weighted by atomic mass is 16.6. The molecule has 3 aliphatic rings. The van der Waals surface area contributed by atoms with Crippen molar-refractivity contribution < 1.29 is 42.9 Å². The van der Waals surface area contributed by atoms with Crippen LogP contribution < -0.4 is 15.5 Å². The summed E-state index contributed by atoms with van der Waals surface area (Å²) in [4.78, 5) is 48.6. The van der Waals surface area contributed by atoms with E-state index in [2.05, 4.69) is 22.5 Å². The molecule has 1 unspecified atom stereocenters. The summed E-state index contributed by atoms with van der Waals surface area (Å²) in [6.45, 7) is 4.50. The normalized spacial score (nSPS) is 20.1. The highest BCUT2D eigenvalue weighted by molar-refractivity contribution is 6.28. The smallest absolute Gasteiger partial charge is 0.407 e. The van der Waals surface area contributed by atoms with E-state index in [9.17, 15) is 19.2 Å². The number of alkyl carbamates (subject to hydrolysis) is 1. The second-order valence-electron chi connectivity index (χ2n) is 10.9. The average molecular weight is 626 g/mol. The zero-order valence-electron chi connectivity index (χ0n) is 25.6. The lowest BCUT2D eigenvalue weighted by molar-refractivity contribution is -0.121. The van der Waals surface area contributed by atoms with Crippen molar-refractivity contribution in [1.82, 2.24) is 10.6 Å². The average Bonchev–Trinajstić information content (AvgIpc) is 3.55. The molecule has 2 aliphatic carbocycles. The molecule has 244 valence electrons. The molecule has 45 heavy (non-hydrogen) atoms. The summed E-state index contributed by atoms with van der Waals surface area (Å²) in [6.07, 6.45) is 6.37. The Morgan fingerprint density at radius 1 is 0.733 bits per heavy atom. The van der Waals surface area contributed by atoms with Crippen molar-refractivity contribution in [3.8, 4) is 11.8 Å². The number of imide groups is 1. The van der Waals surface area contributed by atoms with Gasteiger partial charge in [-0.15, -0.1) is 11.8 Å². The third-order valence-corrected chi connectivity index (χ3v) is 7.81. The Morgan fingerprint density at radius 3 is 1.80 bits per heavy atom. The molecule has 0 radical (unpaired) electrons. The number of rotatable bonds is 20. The Balaban J connectivity index is 0.869. The first kappa shape index (κ1) is 34.1. The van der Waals surface area contributed by atoms with Crippen LogP contribution in [0.2, 0.25) is 0 Å². The number of carbonyl (C=O) groups excluding carboxylic acids is 4. The number of fused-ring (bicyclic) bond motifs is 1. The van der Waals surface area contributed by atoms with Gasteiger partial charge >= 0.3 is 6.09 Å². The van der Waals surface area contributed by atoms with Crippen LogP contribution in [-0.4, -0.2) is 96.4 Å². The first-order valence-corrected chi connectivity index (χ1v) is 15.6.